The minimum atomic E-state index is -0.628. The number of ketones is 1. The normalized spacial score (nSPS) is 14.9. The monoisotopic (exact) mass is 430 g/mol. The van der Waals surface area contributed by atoms with Crippen LogP contribution in [0, 0.1) is 0 Å². The Morgan fingerprint density at radius 2 is 1.83 bits per heavy atom. The van der Waals surface area contributed by atoms with Gasteiger partial charge in [-0.15, -0.1) is 0 Å². The van der Waals surface area contributed by atoms with Crippen molar-refractivity contribution in [1.29, 1.82) is 0 Å². The number of amides is 1. The van der Waals surface area contributed by atoms with Crippen LogP contribution in [-0.4, -0.2) is 26.2 Å². The van der Waals surface area contributed by atoms with E-state index in [1.807, 2.05) is 4.57 Å². The van der Waals surface area contributed by atoms with Crippen LogP contribution in [0.3, 0.4) is 0 Å². The summed E-state index contributed by atoms with van der Waals surface area (Å²) >= 11 is 12.2. The first-order valence-corrected chi connectivity index (χ1v) is 9.83. The van der Waals surface area contributed by atoms with Gasteiger partial charge < -0.3 is 9.88 Å². The van der Waals surface area contributed by atoms with Crippen LogP contribution in [-0.2, 0) is 4.79 Å². The van der Waals surface area contributed by atoms with Crippen molar-refractivity contribution >= 4 is 51.6 Å². The summed E-state index contributed by atoms with van der Waals surface area (Å²) < 4.78 is 1.83. The summed E-state index contributed by atoms with van der Waals surface area (Å²) in [5.41, 5.74) is 0.198. The number of aromatic nitrogens is 3. The number of rotatable bonds is 3. The molecule has 0 aromatic carbocycles. The number of carbonyl (C=O) groups is 2. The maximum Gasteiger partial charge on any atom is 0.261 e. The third kappa shape index (κ3) is 3.75. The smallest absolute Gasteiger partial charge is 0.261 e. The number of hydrogen-bond donors (Lipinski definition) is 1. The number of nitrogens with zero attached hydrogens (tertiary/aromatic N) is 3. The first-order chi connectivity index (χ1) is 14.0. The van der Waals surface area contributed by atoms with Crippen LogP contribution in [0.5, 0.6) is 0 Å². The van der Waals surface area contributed by atoms with Gasteiger partial charge in [0.25, 0.3) is 5.91 Å². The average Bonchev–Trinajstić information content (AvgIpc) is 2.72. The van der Waals surface area contributed by atoms with Crippen molar-refractivity contribution in [1.82, 2.24) is 14.5 Å². The molecule has 0 aliphatic heterocycles. The highest BCUT2D eigenvalue weighted by Crippen LogP contribution is 2.30. The zero-order valence-electron chi connectivity index (χ0n) is 15.2. The van der Waals surface area contributed by atoms with Crippen LogP contribution in [0.15, 0.2) is 41.7 Å². The van der Waals surface area contributed by atoms with Crippen LogP contribution < -0.4 is 10.7 Å². The van der Waals surface area contributed by atoms with E-state index < -0.39 is 11.3 Å². The molecule has 0 unspecified atom stereocenters. The van der Waals surface area contributed by atoms with E-state index in [0.29, 0.717) is 36.7 Å². The first-order valence-electron chi connectivity index (χ1n) is 9.07. The Bertz CT molecular complexity index is 1160. The molecule has 0 bridgehead atoms. The molecule has 3 aromatic rings. The number of nitrogens with one attached hydrogen (secondary N) is 1. The molecule has 7 nitrogen and oxygen atoms in total. The summed E-state index contributed by atoms with van der Waals surface area (Å²) in [5.74, 6) is -0.407. The largest absolute Gasteiger partial charge is 0.328 e. The van der Waals surface area contributed by atoms with E-state index in [1.54, 1.807) is 18.3 Å². The van der Waals surface area contributed by atoms with Crippen molar-refractivity contribution in [3.8, 4) is 0 Å². The molecule has 1 aliphatic carbocycles. The van der Waals surface area contributed by atoms with E-state index in [2.05, 4.69) is 15.3 Å². The molecule has 4 rings (SSSR count). The second-order valence-electron chi connectivity index (χ2n) is 6.86. The standard InChI is InChI=1S/C20H16Cl2N4O3/c21-15-8-23-9-16(22)17(15)25-20(29)14-10-26(11-3-5-12(27)6-4-11)19-13(18(14)28)2-1-7-24-19/h1-2,7-11H,3-6H2,(H,23,25,29). The predicted molar refractivity (Wildman–Crippen MR) is 111 cm³/mol. The lowest BCUT2D eigenvalue weighted by Gasteiger charge is -2.25. The fourth-order valence-electron chi connectivity index (χ4n) is 3.54. The van der Waals surface area contributed by atoms with E-state index in [4.69, 9.17) is 23.2 Å². The third-order valence-electron chi connectivity index (χ3n) is 5.03. The summed E-state index contributed by atoms with van der Waals surface area (Å²) in [6.07, 6.45) is 8.02. The molecule has 3 heterocycles. The minimum absolute atomic E-state index is 0.0228. The summed E-state index contributed by atoms with van der Waals surface area (Å²) in [7, 11) is 0. The van der Waals surface area contributed by atoms with E-state index in [9.17, 15) is 14.4 Å². The number of anilines is 1. The van der Waals surface area contributed by atoms with Gasteiger partial charge in [-0.05, 0) is 25.0 Å². The summed E-state index contributed by atoms with van der Waals surface area (Å²) in [5, 5.41) is 3.28. The number of Topliss-reactive ketones (excluding diaryl/α,β-unsaturated/α-hetero) is 1. The number of hydrogen-bond acceptors (Lipinski definition) is 5. The Morgan fingerprint density at radius 3 is 2.52 bits per heavy atom. The molecule has 1 N–H and O–H groups in total. The van der Waals surface area contributed by atoms with E-state index in [0.717, 1.165) is 0 Å². The highest BCUT2D eigenvalue weighted by molar-refractivity contribution is 6.39. The molecular formula is C20H16Cl2N4O3. The van der Waals surface area contributed by atoms with Crippen molar-refractivity contribution in [3.63, 3.8) is 0 Å². The Hall–Kier alpha value is -2.77. The Morgan fingerprint density at radius 1 is 1.14 bits per heavy atom. The van der Waals surface area contributed by atoms with E-state index >= 15 is 0 Å². The molecule has 1 saturated carbocycles. The lowest BCUT2D eigenvalue weighted by atomic mass is 9.93. The number of halogens is 2. The quantitative estimate of drug-likeness (QED) is 0.676. The molecule has 1 fully saturated rings. The van der Waals surface area contributed by atoms with E-state index in [1.165, 1.54) is 18.6 Å². The summed E-state index contributed by atoms with van der Waals surface area (Å²) in [6, 6.07) is 3.26. The Balaban J connectivity index is 1.80. The van der Waals surface area contributed by atoms with Gasteiger partial charge in [0, 0.05) is 43.7 Å². The molecule has 0 atom stereocenters. The second kappa shape index (κ2) is 7.93. The van der Waals surface area contributed by atoms with Gasteiger partial charge >= 0.3 is 0 Å². The molecule has 9 heteroatoms. The van der Waals surface area contributed by atoms with Crippen LogP contribution in [0.1, 0.15) is 42.1 Å². The summed E-state index contributed by atoms with van der Waals surface area (Å²) in [4.78, 5) is 45.7. The molecular weight excluding hydrogens is 415 g/mol. The molecule has 148 valence electrons. The third-order valence-corrected chi connectivity index (χ3v) is 5.60. The molecule has 0 saturated heterocycles. The molecule has 0 spiro atoms. The first kappa shape index (κ1) is 19.5. The van der Waals surface area contributed by atoms with Crippen LogP contribution in [0.25, 0.3) is 11.0 Å². The lowest BCUT2D eigenvalue weighted by Crippen LogP contribution is -2.27. The van der Waals surface area contributed by atoms with Crippen LogP contribution in [0.2, 0.25) is 10.0 Å². The average molecular weight is 431 g/mol. The number of pyridine rings is 3. The molecule has 29 heavy (non-hydrogen) atoms. The predicted octanol–water partition coefficient (Wildman–Crippen LogP) is 4.03. The van der Waals surface area contributed by atoms with Crippen molar-refractivity contribution < 1.29 is 9.59 Å². The number of fused-ring (bicyclic) bond motifs is 1. The molecule has 0 radical (unpaired) electrons. The van der Waals surface area contributed by atoms with Crippen molar-refractivity contribution in [2.24, 2.45) is 0 Å². The van der Waals surface area contributed by atoms with Gasteiger partial charge in [-0.1, -0.05) is 23.2 Å². The van der Waals surface area contributed by atoms with Crippen LogP contribution >= 0.6 is 23.2 Å². The zero-order chi connectivity index (χ0) is 20.5. The van der Waals surface area contributed by atoms with Gasteiger partial charge in [0.2, 0.25) is 5.43 Å². The van der Waals surface area contributed by atoms with Crippen molar-refractivity contribution in [2.75, 3.05) is 5.32 Å². The molecule has 1 amide bonds. The fourth-order valence-corrected chi connectivity index (χ4v) is 4.00. The molecule has 1 aliphatic rings. The Kier molecular flexibility index (Phi) is 5.34. The van der Waals surface area contributed by atoms with Crippen molar-refractivity contribution in [2.45, 2.75) is 31.7 Å². The fraction of sp³-hybridized carbons (Fsp3) is 0.250. The van der Waals surface area contributed by atoms with Gasteiger partial charge in [0.1, 0.15) is 17.0 Å². The number of carbonyl (C=O) groups excluding carboxylic acids is 2. The lowest BCUT2D eigenvalue weighted by molar-refractivity contribution is -0.120. The van der Waals surface area contributed by atoms with E-state index in [-0.39, 0.29) is 33.1 Å². The maximum absolute atomic E-state index is 13.0. The van der Waals surface area contributed by atoms with Gasteiger partial charge in [0.15, 0.2) is 0 Å². The maximum atomic E-state index is 13.0. The Labute approximate surface area is 175 Å². The second-order valence-corrected chi connectivity index (χ2v) is 7.67. The van der Waals surface area contributed by atoms with Gasteiger partial charge in [-0.3, -0.25) is 19.4 Å². The highest BCUT2D eigenvalue weighted by atomic mass is 35.5. The minimum Gasteiger partial charge on any atom is -0.328 e. The van der Waals surface area contributed by atoms with Gasteiger partial charge in [0.05, 0.1) is 21.1 Å². The molecule has 3 aromatic heterocycles. The topological polar surface area (TPSA) is 94.0 Å². The van der Waals surface area contributed by atoms with Crippen LogP contribution in [0.4, 0.5) is 5.69 Å². The van der Waals surface area contributed by atoms with Gasteiger partial charge in [-0.25, -0.2) is 4.98 Å². The SMILES string of the molecule is O=C1CCC(n2cc(C(=O)Nc3c(Cl)cncc3Cl)c(=O)c3cccnc32)CC1. The summed E-state index contributed by atoms with van der Waals surface area (Å²) in [6.45, 7) is 0. The highest BCUT2D eigenvalue weighted by Gasteiger charge is 2.24. The zero-order valence-corrected chi connectivity index (χ0v) is 16.7. The van der Waals surface area contributed by atoms with Gasteiger partial charge in [-0.2, -0.15) is 0 Å². The van der Waals surface area contributed by atoms with Crippen molar-refractivity contribution in [3.05, 3.63) is 62.8 Å².